The van der Waals surface area contributed by atoms with E-state index in [9.17, 15) is 12.8 Å². The van der Waals surface area contributed by atoms with Gasteiger partial charge in [0.2, 0.25) is 10.0 Å². The van der Waals surface area contributed by atoms with Crippen molar-refractivity contribution in [2.45, 2.75) is 26.4 Å². The predicted molar refractivity (Wildman–Crippen MR) is 158 cm³/mol. The highest BCUT2D eigenvalue weighted by molar-refractivity contribution is 7.88. The molecule has 12 heteroatoms. The molecule has 41 heavy (non-hydrogen) atoms. The molecule has 4 N–H and O–H groups in total. The number of aromatic amines is 2. The van der Waals surface area contributed by atoms with E-state index in [0.717, 1.165) is 34.2 Å². The van der Waals surface area contributed by atoms with E-state index in [4.69, 9.17) is 9.97 Å². The Balaban J connectivity index is 1.40. The van der Waals surface area contributed by atoms with Crippen LogP contribution in [0.5, 0.6) is 0 Å². The van der Waals surface area contributed by atoms with Crippen molar-refractivity contribution in [3.63, 3.8) is 0 Å². The second-order valence-electron chi connectivity index (χ2n) is 10.2. The summed E-state index contributed by atoms with van der Waals surface area (Å²) >= 11 is 0. The first-order chi connectivity index (χ1) is 19.6. The fraction of sp³-hybridized carbons (Fsp3) is 0.172. The van der Waals surface area contributed by atoms with E-state index >= 15 is 0 Å². The van der Waals surface area contributed by atoms with Crippen molar-refractivity contribution in [3.8, 4) is 33.9 Å². The summed E-state index contributed by atoms with van der Waals surface area (Å²) in [7, 11) is -3.43. The van der Waals surface area contributed by atoms with Gasteiger partial charge in [-0.05, 0) is 67.4 Å². The highest BCUT2D eigenvalue weighted by Crippen LogP contribution is 2.33. The van der Waals surface area contributed by atoms with Crippen LogP contribution in [0.15, 0.2) is 67.0 Å². The maximum atomic E-state index is 14.6. The molecule has 4 heterocycles. The molecule has 0 atom stereocenters. The zero-order valence-corrected chi connectivity index (χ0v) is 23.3. The lowest BCUT2D eigenvalue weighted by atomic mass is 10.0. The fourth-order valence-corrected chi connectivity index (χ4v) is 5.15. The highest BCUT2D eigenvalue weighted by atomic mass is 32.2. The minimum atomic E-state index is -3.43. The summed E-state index contributed by atoms with van der Waals surface area (Å²) in [5.41, 5.74) is 7.58. The molecule has 0 spiro atoms. The second-order valence-corrected chi connectivity index (χ2v) is 12.0. The minimum Gasteiger partial charge on any atom is -0.382 e. The Hall–Kier alpha value is -4.68. The number of nitrogens with zero attached hydrogens (tertiary/aromatic N) is 4. The third-order valence-corrected chi connectivity index (χ3v) is 7.11. The third kappa shape index (κ3) is 5.65. The van der Waals surface area contributed by atoms with Gasteiger partial charge in [0, 0.05) is 36.1 Å². The largest absolute Gasteiger partial charge is 0.382 e. The molecule has 0 bridgehead atoms. The maximum Gasteiger partial charge on any atom is 0.209 e. The number of nitrogens with one attached hydrogen (secondary N) is 4. The van der Waals surface area contributed by atoms with Crippen LogP contribution in [-0.4, -0.2) is 50.8 Å². The van der Waals surface area contributed by atoms with Gasteiger partial charge in [-0.1, -0.05) is 12.1 Å². The number of hydrogen-bond acceptors (Lipinski definition) is 7. The van der Waals surface area contributed by atoms with Gasteiger partial charge in [-0.15, -0.1) is 0 Å². The molecule has 10 nitrogen and oxygen atoms in total. The number of para-hydroxylation sites is 1. The summed E-state index contributed by atoms with van der Waals surface area (Å²) < 4.78 is 40.1. The number of fused-ring (bicyclic) bond motifs is 2. The Labute approximate surface area is 235 Å². The zero-order chi connectivity index (χ0) is 28.7. The van der Waals surface area contributed by atoms with E-state index in [1.807, 2.05) is 36.4 Å². The van der Waals surface area contributed by atoms with Gasteiger partial charge >= 0.3 is 0 Å². The monoisotopic (exact) mass is 570 g/mol. The van der Waals surface area contributed by atoms with E-state index in [2.05, 4.69) is 44.1 Å². The lowest BCUT2D eigenvalue weighted by Gasteiger charge is -2.10. The predicted octanol–water partition coefficient (Wildman–Crippen LogP) is 5.24. The summed E-state index contributed by atoms with van der Waals surface area (Å²) in [5, 5.41) is 10.9. The van der Waals surface area contributed by atoms with Gasteiger partial charge in [0.25, 0.3) is 0 Å². The summed E-state index contributed by atoms with van der Waals surface area (Å²) in [5.74, 6) is 0.0322. The average molecular weight is 571 g/mol. The Morgan fingerprint density at radius 3 is 2.61 bits per heavy atom. The molecule has 0 fully saturated rings. The van der Waals surface area contributed by atoms with Crippen molar-refractivity contribution in [1.29, 1.82) is 0 Å². The van der Waals surface area contributed by atoms with Gasteiger partial charge in [0.05, 0.1) is 34.2 Å². The standard InChI is InChI=1S/C29H27FN8O2S/c1-16(2)33-21-12-19(14-31-15-21)23-7-8-25-27(34-23)28(38-37-25)29-35-24-6-4-5-22(26(24)36-29)18-9-17(10-20(30)11-18)13-32-41(3,39)40/h4-12,14-16,32-33H,13H2,1-3H3,(H,35,36)(H,37,38). The first-order valence-corrected chi connectivity index (χ1v) is 14.8. The van der Waals surface area contributed by atoms with Gasteiger partial charge in [0.1, 0.15) is 11.3 Å². The molecule has 208 valence electrons. The van der Waals surface area contributed by atoms with Crippen LogP contribution in [0.1, 0.15) is 19.4 Å². The number of imidazole rings is 1. The number of anilines is 1. The lowest BCUT2D eigenvalue weighted by molar-refractivity contribution is 0.586. The molecule has 0 aliphatic carbocycles. The molecule has 0 aliphatic heterocycles. The van der Waals surface area contributed by atoms with Crippen LogP contribution in [0.25, 0.3) is 56.0 Å². The number of rotatable bonds is 8. The van der Waals surface area contributed by atoms with Gasteiger partial charge in [-0.3, -0.25) is 10.1 Å². The second kappa shape index (κ2) is 10.4. The molecule has 0 saturated heterocycles. The van der Waals surface area contributed by atoms with Gasteiger partial charge in [-0.25, -0.2) is 27.5 Å². The Morgan fingerprint density at radius 2 is 1.80 bits per heavy atom. The SMILES string of the molecule is CC(C)Nc1cncc(-c2ccc3[nH]nc(-c4nc5c(-c6cc(F)cc(CNS(C)(=O)=O)c6)cccc5[nH]4)c3n2)c1. The molecule has 6 rings (SSSR count). The van der Waals surface area contributed by atoms with E-state index in [-0.39, 0.29) is 12.6 Å². The third-order valence-electron chi connectivity index (χ3n) is 6.44. The number of halogens is 1. The smallest absolute Gasteiger partial charge is 0.209 e. The molecule has 0 unspecified atom stereocenters. The Kier molecular flexibility index (Phi) is 6.72. The van der Waals surface area contributed by atoms with Crippen LogP contribution in [0.2, 0.25) is 0 Å². The molecule has 4 aromatic heterocycles. The maximum absolute atomic E-state index is 14.6. The molecule has 0 saturated carbocycles. The number of hydrogen-bond donors (Lipinski definition) is 4. The van der Waals surface area contributed by atoms with E-state index in [1.165, 1.54) is 12.1 Å². The molecule has 6 aromatic rings. The van der Waals surface area contributed by atoms with Crippen LogP contribution in [0.3, 0.4) is 0 Å². The van der Waals surface area contributed by atoms with E-state index in [0.29, 0.717) is 39.2 Å². The Bertz CT molecular complexity index is 2020. The molecule has 0 amide bonds. The van der Waals surface area contributed by atoms with Crippen LogP contribution in [0, 0.1) is 5.82 Å². The number of sulfonamides is 1. The van der Waals surface area contributed by atoms with Crippen LogP contribution < -0.4 is 10.0 Å². The topological polar surface area (TPSA) is 141 Å². The van der Waals surface area contributed by atoms with Crippen molar-refractivity contribution in [2.75, 3.05) is 11.6 Å². The average Bonchev–Trinajstić information content (AvgIpc) is 3.54. The van der Waals surface area contributed by atoms with Gasteiger partial charge in [-0.2, -0.15) is 5.10 Å². The van der Waals surface area contributed by atoms with Crippen LogP contribution >= 0.6 is 0 Å². The number of H-pyrrole nitrogens is 2. The molecular formula is C29H27FN8O2S. The van der Waals surface area contributed by atoms with E-state index in [1.54, 1.807) is 18.5 Å². The number of pyridine rings is 2. The molecule has 2 aromatic carbocycles. The van der Waals surface area contributed by atoms with Crippen molar-refractivity contribution in [1.82, 2.24) is 34.9 Å². The van der Waals surface area contributed by atoms with Crippen LogP contribution in [-0.2, 0) is 16.6 Å². The number of aromatic nitrogens is 6. The summed E-state index contributed by atoms with van der Waals surface area (Å²) in [6.07, 6.45) is 4.61. The normalized spacial score (nSPS) is 12.0. The Morgan fingerprint density at radius 1 is 0.951 bits per heavy atom. The highest BCUT2D eigenvalue weighted by Gasteiger charge is 2.18. The number of benzene rings is 2. The van der Waals surface area contributed by atoms with Crippen molar-refractivity contribution >= 4 is 37.8 Å². The first kappa shape index (κ1) is 26.5. The molecular weight excluding hydrogens is 543 g/mol. The first-order valence-electron chi connectivity index (χ1n) is 12.9. The van der Waals surface area contributed by atoms with Gasteiger partial charge in [0.15, 0.2) is 11.5 Å². The zero-order valence-electron chi connectivity index (χ0n) is 22.5. The fourth-order valence-electron chi connectivity index (χ4n) is 4.72. The van der Waals surface area contributed by atoms with Crippen molar-refractivity contribution < 1.29 is 12.8 Å². The van der Waals surface area contributed by atoms with Crippen molar-refractivity contribution in [3.05, 3.63) is 78.4 Å². The summed E-state index contributed by atoms with van der Waals surface area (Å²) in [6.45, 7) is 4.11. The summed E-state index contributed by atoms with van der Waals surface area (Å²) in [6, 6.07) is 16.1. The molecule has 0 aliphatic rings. The van der Waals surface area contributed by atoms with Crippen LogP contribution in [0.4, 0.5) is 10.1 Å². The van der Waals surface area contributed by atoms with Crippen molar-refractivity contribution in [2.24, 2.45) is 0 Å². The minimum absolute atomic E-state index is 0.0232. The molecule has 0 radical (unpaired) electrons. The van der Waals surface area contributed by atoms with E-state index < -0.39 is 15.8 Å². The lowest BCUT2D eigenvalue weighted by Crippen LogP contribution is -2.21. The summed E-state index contributed by atoms with van der Waals surface area (Å²) in [4.78, 5) is 17.4. The quantitative estimate of drug-likeness (QED) is 0.196. The van der Waals surface area contributed by atoms with Gasteiger partial charge < -0.3 is 10.3 Å².